The standard InChI is InChI=1S/C15H21ClN4O/c1-4-7-20-15(13(21-3)9-18-20)14(19-17)11-5-6-12(16)10(2)8-11/h5-6,8-9,14,19H,4,7,17H2,1-3H3. The first-order valence-corrected chi connectivity index (χ1v) is 7.32. The van der Waals surface area contributed by atoms with E-state index in [4.69, 9.17) is 22.2 Å². The van der Waals surface area contributed by atoms with Gasteiger partial charge in [-0.2, -0.15) is 5.10 Å². The van der Waals surface area contributed by atoms with Gasteiger partial charge in [0.05, 0.1) is 19.3 Å². The maximum Gasteiger partial charge on any atom is 0.161 e. The fourth-order valence-corrected chi connectivity index (χ4v) is 2.51. The number of hydrogen-bond donors (Lipinski definition) is 2. The van der Waals surface area contributed by atoms with Crippen LogP contribution in [0.4, 0.5) is 0 Å². The SMILES string of the molecule is CCCn1ncc(OC)c1C(NN)c1ccc(Cl)c(C)c1. The lowest BCUT2D eigenvalue weighted by Crippen LogP contribution is -2.31. The molecule has 0 aliphatic rings. The molecule has 0 fully saturated rings. The van der Waals surface area contributed by atoms with Gasteiger partial charge < -0.3 is 4.74 Å². The van der Waals surface area contributed by atoms with Gasteiger partial charge in [-0.15, -0.1) is 0 Å². The molecule has 114 valence electrons. The number of halogens is 1. The molecule has 0 amide bonds. The van der Waals surface area contributed by atoms with Crippen molar-refractivity contribution >= 4 is 11.6 Å². The molecule has 0 radical (unpaired) electrons. The van der Waals surface area contributed by atoms with Crippen molar-refractivity contribution in [1.29, 1.82) is 0 Å². The lowest BCUT2D eigenvalue weighted by atomic mass is 10.0. The number of hydrazine groups is 1. The van der Waals surface area contributed by atoms with Crippen molar-refractivity contribution < 1.29 is 4.74 Å². The van der Waals surface area contributed by atoms with Gasteiger partial charge in [0.1, 0.15) is 5.69 Å². The van der Waals surface area contributed by atoms with Crippen molar-refractivity contribution in [2.75, 3.05) is 7.11 Å². The second-order valence-electron chi connectivity index (χ2n) is 4.93. The van der Waals surface area contributed by atoms with E-state index in [9.17, 15) is 0 Å². The summed E-state index contributed by atoms with van der Waals surface area (Å²) < 4.78 is 7.35. The van der Waals surface area contributed by atoms with E-state index in [1.165, 1.54) is 0 Å². The van der Waals surface area contributed by atoms with Crippen molar-refractivity contribution in [2.45, 2.75) is 32.9 Å². The molecule has 1 aromatic carbocycles. The number of benzene rings is 1. The van der Waals surface area contributed by atoms with Crippen molar-refractivity contribution in [2.24, 2.45) is 5.84 Å². The summed E-state index contributed by atoms with van der Waals surface area (Å²) in [6.07, 6.45) is 2.70. The second kappa shape index (κ2) is 6.93. The number of rotatable bonds is 6. The molecule has 1 heterocycles. The van der Waals surface area contributed by atoms with Crippen LogP contribution in [0.5, 0.6) is 5.75 Å². The first-order valence-electron chi connectivity index (χ1n) is 6.94. The van der Waals surface area contributed by atoms with E-state index >= 15 is 0 Å². The van der Waals surface area contributed by atoms with Crippen LogP contribution in [0.1, 0.15) is 36.2 Å². The maximum atomic E-state index is 6.10. The average Bonchev–Trinajstić information content (AvgIpc) is 2.87. The minimum absolute atomic E-state index is 0.204. The van der Waals surface area contributed by atoms with E-state index in [1.807, 2.05) is 29.8 Å². The summed E-state index contributed by atoms with van der Waals surface area (Å²) in [5, 5.41) is 5.12. The molecule has 2 aromatic rings. The molecule has 2 rings (SSSR count). The van der Waals surface area contributed by atoms with Gasteiger partial charge in [0.2, 0.25) is 0 Å². The number of nitrogens with zero attached hydrogens (tertiary/aromatic N) is 2. The minimum atomic E-state index is -0.204. The number of nitrogens with one attached hydrogen (secondary N) is 1. The summed E-state index contributed by atoms with van der Waals surface area (Å²) in [7, 11) is 1.64. The van der Waals surface area contributed by atoms with Crippen molar-refractivity contribution in [3.63, 3.8) is 0 Å². The van der Waals surface area contributed by atoms with Crippen LogP contribution >= 0.6 is 11.6 Å². The molecule has 1 aromatic heterocycles. The fourth-order valence-electron chi connectivity index (χ4n) is 2.40. The van der Waals surface area contributed by atoms with Gasteiger partial charge >= 0.3 is 0 Å². The van der Waals surface area contributed by atoms with Crippen LogP contribution in [0.3, 0.4) is 0 Å². The van der Waals surface area contributed by atoms with Gasteiger partial charge in [-0.25, -0.2) is 5.43 Å². The quantitative estimate of drug-likeness (QED) is 0.636. The summed E-state index contributed by atoms with van der Waals surface area (Å²) in [4.78, 5) is 0. The summed E-state index contributed by atoms with van der Waals surface area (Å²) in [5.74, 6) is 6.51. The Morgan fingerprint density at radius 2 is 2.24 bits per heavy atom. The number of nitrogens with two attached hydrogens (primary N) is 1. The zero-order valence-electron chi connectivity index (χ0n) is 12.6. The first-order chi connectivity index (χ1) is 10.1. The number of hydrogen-bond acceptors (Lipinski definition) is 4. The molecule has 1 atom stereocenters. The average molecular weight is 309 g/mol. The van der Waals surface area contributed by atoms with E-state index in [2.05, 4.69) is 17.4 Å². The molecule has 0 spiro atoms. The highest BCUT2D eigenvalue weighted by Crippen LogP contribution is 2.31. The van der Waals surface area contributed by atoms with Gasteiger partial charge in [0.15, 0.2) is 5.75 Å². The molecular weight excluding hydrogens is 288 g/mol. The highest BCUT2D eigenvalue weighted by atomic mass is 35.5. The van der Waals surface area contributed by atoms with Crippen LogP contribution in [-0.4, -0.2) is 16.9 Å². The third kappa shape index (κ3) is 3.20. The van der Waals surface area contributed by atoms with Crippen molar-refractivity contribution in [1.82, 2.24) is 15.2 Å². The second-order valence-corrected chi connectivity index (χ2v) is 5.34. The smallest absolute Gasteiger partial charge is 0.161 e. The Hall–Kier alpha value is -1.56. The molecule has 0 saturated carbocycles. The Kier molecular flexibility index (Phi) is 5.22. The van der Waals surface area contributed by atoms with E-state index < -0.39 is 0 Å². The van der Waals surface area contributed by atoms with Crippen molar-refractivity contribution in [3.05, 3.63) is 46.2 Å². The zero-order chi connectivity index (χ0) is 15.4. The molecule has 0 aliphatic carbocycles. The Labute approximate surface area is 130 Å². The Morgan fingerprint density at radius 1 is 1.48 bits per heavy atom. The topological polar surface area (TPSA) is 65.1 Å². The number of ether oxygens (including phenoxy) is 1. The van der Waals surface area contributed by atoms with E-state index in [0.717, 1.165) is 40.6 Å². The number of methoxy groups -OCH3 is 1. The van der Waals surface area contributed by atoms with Crippen LogP contribution in [0.15, 0.2) is 24.4 Å². The minimum Gasteiger partial charge on any atom is -0.493 e. The van der Waals surface area contributed by atoms with Crippen molar-refractivity contribution in [3.8, 4) is 5.75 Å². The third-order valence-electron chi connectivity index (χ3n) is 3.46. The molecule has 3 N–H and O–H groups in total. The van der Waals surface area contributed by atoms with Gasteiger partial charge in [-0.1, -0.05) is 30.7 Å². The highest BCUT2D eigenvalue weighted by Gasteiger charge is 2.22. The van der Waals surface area contributed by atoms with Gasteiger partial charge in [0, 0.05) is 11.6 Å². The van der Waals surface area contributed by atoms with E-state index in [-0.39, 0.29) is 6.04 Å². The predicted molar refractivity (Wildman–Crippen MR) is 84.4 cm³/mol. The third-order valence-corrected chi connectivity index (χ3v) is 3.88. The van der Waals surface area contributed by atoms with Gasteiger partial charge in [-0.05, 0) is 30.5 Å². The maximum absolute atomic E-state index is 6.10. The lowest BCUT2D eigenvalue weighted by molar-refractivity contribution is 0.398. The Morgan fingerprint density at radius 3 is 2.81 bits per heavy atom. The number of aromatic nitrogens is 2. The summed E-state index contributed by atoms with van der Waals surface area (Å²) in [6, 6.07) is 5.66. The molecule has 0 bridgehead atoms. The summed E-state index contributed by atoms with van der Waals surface area (Å²) >= 11 is 6.10. The monoisotopic (exact) mass is 308 g/mol. The Balaban J connectivity index is 2.49. The molecule has 0 saturated heterocycles. The van der Waals surface area contributed by atoms with E-state index in [1.54, 1.807) is 13.3 Å². The lowest BCUT2D eigenvalue weighted by Gasteiger charge is -2.20. The van der Waals surface area contributed by atoms with Crippen LogP contribution in [0, 0.1) is 6.92 Å². The molecule has 5 nitrogen and oxygen atoms in total. The molecular formula is C15H21ClN4O. The molecule has 0 aliphatic heterocycles. The molecule has 6 heteroatoms. The first kappa shape index (κ1) is 15.8. The summed E-state index contributed by atoms with van der Waals surface area (Å²) in [6.45, 7) is 4.89. The largest absolute Gasteiger partial charge is 0.493 e. The van der Waals surface area contributed by atoms with E-state index in [0.29, 0.717) is 0 Å². The van der Waals surface area contributed by atoms with Crippen LogP contribution in [-0.2, 0) is 6.54 Å². The zero-order valence-corrected chi connectivity index (χ0v) is 13.3. The van der Waals surface area contributed by atoms with Crippen LogP contribution < -0.4 is 16.0 Å². The van der Waals surface area contributed by atoms with Gasteiger partial charge in [-0.3, -0.25) is 10.5 Å². The van der Waals surface area contributed by atoms with Crippen LogP contribution in [0.25, 0.3) is 0 Å². The van der Waals surface area contributed by atoms with Crippen LogP contribution in [0.2, 0.25) is 5.02 Å². The normalized spacial score (nSPS) is 12.4. The fraction of sp³-hybridized carbons (Fsp3) is 0.400. The number of aryl methyl sites for hydroxylation is 2. The Bertz CT molecular complexity index is 612. The molecule has 21 heavy (non-hydrogen) atoms. The van der Waals surface area contributed by atoms with Gasteiger partial charge in [0.25, 0.3) is 0 Å². The highest BCUT2D eigenvalue weighted by molar-refractivity contribution is 6.31. The summed E-state index contributed by atoms with van der Waals surface area (Å²) in [5.41, 5.74) is 5.81. The molecule has 1 unspecified atom stereocenters. The predicted octanol–water partition coefficient (Wildman–Crippen LogP) is 2.82.